The number of benzene rings is 1. The van der Waals surface area contributed by atoms with E-state index >= 15 is 0 Å². The first-order valence-corrected chi connectivity index (χ1v) is 5.76. The molecule has 3 N–H and O–H groups in total. The lowest BCUT2D eigenvalue weighted by Gasteiger charge is -2.38. The second-order valence-corrected chi connectivity index (χ2v) is 4.31. The number of hydrogen-bond donors (Lipinski definition) is 3. The third kappa shape index (κ3) is 2.88. The maximum Gasteiger partial charge on any atom is 0.269 e. The molecule has 1 heterocycles. The van der Waals surface area contributed by atoms with E-state index < -0.39 is 35.6 Å². The topological polar surface area (TPSA) is 122 Å². The summed E-state index contributed by atoms with van der Waals surface area (Å²) >= 11 is 0. The van der Waals surface area contributed by atoms with Crippen molar-refractivity contribution in [1.29, 1.82) is 0 Å². The summed E-state index contributed by atoms with van der Waals surface area (Å²) in [6.07, 6.45) is -6.94. The van der Waals surface area contributed by atoms with Gasteiger partial charge in [0.1, 0.15) is 24.1 Å². The van der Waals surface area contributed by atoms with E-state index in [2.05, 4.69) is 0 Å². The smallest absolute Gasteiger partial charge is 0.269 e. The SMILES string of the molecule is [CH]C1O[C@@H](Oc2ccc([N+](=O)[O-])cc2)C(O)[C@@H](O)[C@H]1O. The van der Waals surface area contributed by atoms with Crippen LogP contribution in [-0.4, -0.2) is 50.9 Å². The van der Waals surface area contributed by atoms with Crippen LogP contribution in [0.15, 0.2) is 24.3 Å². The predicted octanol–water partition coefficient (Wildman–Crippen LogP) is -0.508. The Bertz CT molecular complexity index is 477. The molecular formula is C12H13NO7. The van der Waals surface area contributed by atoms with Crippen molar-refractivity contribution >= 4 is 5.69 Å². The van der Waals surface area contributed by atoms with E-state index in [0.717, 1.165) is 0 Å². The van der Waals surface area contributed by atoms with Gasteiger partial charge in [0.05, 0.1) is 11.0 Å². The lowest BCUT2D eigenvalue weighted by atomic mass is 10.00. The van der Waals surface area contributed by atoms with E-state index in [1.165, 1.54) is 24.3 Å². The molecule has 2 radical (unpaired) electrons. The van der Waals surface area contributed by atoms with Gasteiger partial charge in [-0.3, -0.25) is 10.1 Å². The maximum absolute atomic E-state index is 10.5. The summed E-state index contributed by atoms with van der Waals surface area (Å²) < 4.78 is 10.3. The lowest BCUT2D eigenvalue weighted by molar-refractivity contribution is -0.384. The quantitative estimate of drug-likeness (QED) is 0.504. The van der Waals surface area contributed by atoms with Crippen molar-refractivity contribution in [2.45, 2.75) is 30.7 Å². The first-order chi connectivity index (χ1) is 9.40. The zero-order valence-electron chi connectivity index (χ0n) is 10.2. The van der Waals surface area contributed by atoms with Crippen LogP contribution in [0.1, 0.15) is 0 Å². The van der Waals surface area contributed by atoms with Crippen molar-refractivity contribution in [2.75, 3.05) is 0 Å². The number of hydrogen-bond acceptors (Lipinski definition) is 7. The lowest BCUT2D eigenvalue weighted by Crippen LogP contribution is -2.58. The van der Waals surface area contributed by atoms with Crippen LogP contribution in [0.4, 0.5) is 5.69 Å². The Morgan fingerprint density at radius 3 is 2.30 bits per heavy atom. The van der Waals surface area contributed by atoms with Gasteiger partial charge in [-0.1, -0.05) is 0 Å². The number of ether oxygens (including phenoxy) is 2. The third-order valence-corrected chi connectivity index (χ3v) is 2.91. The van der Waals surface area contributed by atoms with Crippen molar-refractivity contribution < 1.29 is 29.7 Å². The van der Waals surface area contributed by atoms with E-state index in [9.17, 15) is 25.4 Å². The Morgan fingerprint density at radius 2 is 1.75 bits per heavy atom. The van der Waals surface area contributed by atoms with Gasteiger partial charge in [-0.05, 0) is 19.1 Å². The van der Waals surface area contributed by atoms with Crippen molar-refractivity contribution in [3.63, 3.8) is 0 Å². The van der Waals surface area contributed by atoms with Crippen molar-refractivity contribution in [1.82, 2.24) is 0 Å². The second-order valence-electron chi connectivity index (χ2n) is 4.31. The van der Waals surface area contributed by atoms with Gasteiger partial charge in [0.25, 0.3) is 5.69 Å². The molecule has 1 fully saturated rings. The average molecular weight is 283 g/mol. The molecule has 8 heteroatoms. The highest BCUT2D eigenvalue weighted by molar-refractivity contribution is 5.36. The van der Waals surface area contributed by atoms with Gasteiger partial charge in [0.2, 0.25) is 6.29 Å². The monoisotopic (exact) mass is 283 g/mol. The highest BCUT2D eigenvalue weighted by Crippen LogP contribution is 2.25. The molecule has 2 rings (SSSR count). The normalized spacial score (nSPS) is 33.7. The Balaban J connectivity index is 2.07. The van der Waals surface area contributed by atoms with Crippen LogP contribution >= 0.6 is 0 Å². The number of non-ortho nitro benzene ring substituents is 1. The average Bonchev–Trinajstić information content (AvgIpc) is 2.43. The number of aliphatic hydroxyl groups excluding tert-OH is 3. The fourth-order valence-corrected chi connectivity index (χ4v) is 1.75. The molecule has 0 bridgehead atoms. The van der Waals surface area contributed by atoms with Gasteiger partial charge in [-0.25, -0.2) is 0 Å². The fraction of sp³-hybridized carbons (Fsp3) is 0.417. The number of rotatable bonds is 3. The first-order valence-electron chi connectivity index (χ1n) is 5.76. The largest absolute Gasteiger partial charge is 0.462 e. The van der Waals surface area contributed by atoms with Crippen molar-refractivity contribution in [2.24, 2.45) is 0 Å². The van der Waals surface area contributed by atoms with E-state index in [1.807, 2.05) is 0 Å². The molecule has 0 saturated carbocycles. The van der Waals surface area contributed by atoms with Crippen LogP contribution < -0.4 is 4.74 Å². The van der Waals surface area contributed by atoms with E-state index in [4.69, 9.17) is 16.4 Å². The second kappa shape index (κ2) is 5.71. The summed E-state index contributed by atoms with van der Waals surface area (Å²) in [5.74, 6) is 0.190. The van der Waals surface area contributed by atoms with Gasteiger partial charge < -0.3 is 24.8 Å². The number of aliphatic hydroxyl groups is 3. The first kappa shape index (κ1) is 14.7. The fourth-order valence-electron chi connectivity index (χ4n) is 1.75. The summed E-state index contributed by atoms with van der Waals surface area (Å²) in [6.45, 7) is 5.43. The van der Waals surface area contributed by atoms with Crippen LogP contribution in [0.25, 0.3) is 0 Å². The Labute approximate surface area is 114 Å². The molecule has 108 valence electrons. The standard InChI is InChI=1S/C12H13NO7/c1-6-9(14)10(15)11(16)12(19-6)20-8-4-2-7(3-5-8)13(17)18/h1-6,9-12,14-16H/t6?,9-,10-,11?,12-/m0/s1. The Morgan fingerprint density at radius 1 is 1.15 bits per heavy atom. The molecule has 1 aliphatic heterocycles. The zero-order chi connectivity index (χ0) is 14.9. The van der Waals surface area contributed by atoms with Gasteiger partial charge in [0.15, 0.2) is 0 Å². The summed E-state index contributed by atoms with van der Waals surface area (Å²) in [7, 11) is 0. The molecule has 1 saturated heterocycles. The molecular weight excluding hydrogens is 270 g/mol. The minimum Gasteiger partial charge on any atom is -0.462 e. The predicted molar refractivity (Wildman–Crippen MR) is 64.7 cm³/mol. The number of nitro benzene ring substituents is 1. The zero-order valence-corrected chi connectivity index (χ0v) is 10.2. The van der Waals surface area contributed by atoms with Gasteiger partial charge in [-0.15, -0.1) is 0 Å². The molecule has 20 heavy (non-hydrogen) atoms. The van der Waals surface area contributed by atoms with Gasteiger partial charge in [-0.2, -0.15) is 0 Å². The maximum atomic E-state index is 10.5. The number of nitro groups is 1. The van der Waals surface area contributed by atoms with E-state index in [0.29, 0.717) is 0 Å². The molecule has 1 aromatic carbocycles. The van der Waals surface area contributed by atoms with E-state index in [1.54, 1.807) is 0 Å². The van der Waals surface area contributed by atoms with Gasteiger partial charge >= 0.3 is 0 Å². The Kier molecular flexibility index (Phi) is 4.19. The Hall–Kier alpha value is -1.74. The molecule has 1 aromatic rings. The highest BCUT2D eigenvalue weighted by atomic mass is 16.7. The van der Waals surface area contributed by atoms with Crippen molar-refractivity contribution in [3.05, 3.63) is 41.3 Å². The summed E-state index contributed by atoms with van der Waals surface area (Å²) in [6, 6.07) is 5.07. The number of nitrogens with zero attached hydrogens (tertiary/aromatic N) is 1. The molecule has 8 nitrogen and oxygen atoms in total. The highest BCUT2D eigenvalue weighted by Gasteiger charge is 2.43. The molecule has 0 spiro atoms. The molecule has 0 aromatic heterocycles. The van der Waals surface area contributed by atoms with Gasteiger partial charge in [0, 0.05) is 12.1 Å². The molecule has 2 unspecified atom stereocenters. The summed E-state index contributed by atoms with van der Waals surface area (Å²) in [5, 5.41) is 39.2. The van der Waals surface area contributed by atoms with Crippen LogP contribution in [-0.2, 0) is 4.74 Å². The molecule has 5 atom stereocenters. The van der Waals surface area contributed by atoms with Crippen LogP contribution in [0.5, 0.6) is 5.75 Å². The molecule has 0 amide bonds. The molecule has 0 aliphatic carbocycles. The molecule has 1 aliphatic rings. The van der Waals surface area contributed by atoms with E-state index in [-0.39, 0.29) is 11.4 Å². The summed E-state index contributed by atoms with van der Waals surface area (Å²) in [4.78, 5) is 9.94. The minimum atomic E-state index is -1.51. The van der Waals surface area contributed by atoms with Crippen molar-refractivity contribution in [3.8, 4) is 5.75 Å². The van der Waals surface area contributed by atoms with Crippen LogP contribution in [0.2, 0.25) is 0 Å². The summed E-state index contributed by atoms with van der Waals surface area (Å²) in [5.41, 5.74) is -0.116. The van der Waals surface area contributed by atoms with Crippen LogP contribution in [0.3, 0.4) is 0 Å². The third-order valence-electron chi connectivity index (χ3n) is 2.91. The minimum absolute atomic E-state index is 0.116. The van der Waals surface area contributed by atoms with Crippen LogP contribution in [0, 0.1) is 17.0 Å².